The summed E-state index contributed by atoms with van der Waals surface area (Å²) in [4.78, 5) is 17.6. The Morgan fingerprint density at radius 1 is 0.829 bits per heavy atom. The molecule has 0 aliphatic heterocycles. The fourth-order valence-corrected chi connectivity index (χ4v) is 6.67. The van der Waals surface area contributed by atoms with Gasteiger partial charge in [-0.05, 0) is 47.9 Å². The molecule has 0 saturated heterocycles. The molecule has 0 aliphatic carbocycles. The highest BCUT2D eigenvalue weighted by atomic mass is 32.2. The first-order valence-corrected chi connectivity index (χ1v) is 14.8. The van der Waals surface area contributed by atoms with E-state index in [2.05, 4.69) is 9.71 Å². The van der Waals surface area contributed by atoms with Gasteiger partial charge in [-0.1, -0.05) is 78.9 Å². The molecule has 41 heavy (non-hydrogen) atoms. The Kier molecular flexibility index (Phi) is 6.95. The first-order valence-electron chi connectivity index (χ1n) is 13.4. The van der Waals surface area contributed by atoms with E-state index in [1.807, 2.05) is 72.8 Å². The normalized spacial score (nSPS) is 12.6. The van der Waals surface area contributed by atoms with Crippen molar-refractivity contribution < 1.29 is 13.5 Å². The monoisotopic (exact) mass is 563 g/mol. The van der Waals surface area contributed by atoms with Gasteiger partial charge < -0.3 is 14.7 Å². The molecule has 1 atom stereocenters. The van der Waals surface area contributed by atoms with Crippen LogP contribution in [-0.2, 0) is 23.5 Å². The Morgan fingerprint density at radius 2 is 1.44 bits per heavy atom. The Bertz CT molecular complexity index is 2030. The van der Waals surface area contributed by atoms with Gasteiger partial charge in [-0.25, -0.2) is 13.1 Å². The van der Waals surface area contributed by atoms with Crippen LogP contribution >= 0.6 is 0 Å². The zero-order valence-corrected chi connectivity index (χ0v) is 23.2. The highest BCUT2D eigenvalue weighted by Crippen LogP contribution is 2.40. The van der Waals surface area contributed by atoms with Gasteiger partial charge in [0.1, 0.15) is 5.75 Å². The van der Waals surface area contributed by atoms with E-state index in [1.54, 1.807) is 48.0 Å². The van der Waals surface area contributed by atoms with E-state index in [1.165, 1.54) is 0 Å². The highest BCUT2D eigenvalue weighted by molar-refractivity contribution is 7.89. The molecule has 0 spiro atoms. The first-order chi connectivity index (χ1) is 19.9. The third kappa shape index (κ3) is 4.81. The molecular weight excluding hydrogens is 534 g/mol. The average Bonchev–Trinajstić information content (AvgIpc) is 3.37. The molecule has 2 heterocycles. The van der Waals surface area contributed by atoms with Crippen molar-refractivity contribution in [2.24, 2.45) is 7.05 Å². The largest absolute Gasteiger partial charge is 0.507 e. The van der Waals surface area contributed by atoms with Crippen molar-refractivity contribution in [3.05, 3.63) is 142 Å². The lowest BCUT2D eigenvalue weighted by molar-refractivity contribution is 0.470. The molecule has 4 aromatic carbocycles. The topological polar surface area (TPSA) is 104 Å². The van der Waals surface area contributed by atoms with Crippen LogP contribution in [-0.4, -0.2) is 29.6 Å². The Labute approximate surface area is 237 Å². The minimum absolute atomic E-state index is 0.0630. The molecule has 0 fully saturated rings. The van der Waals surface area contributed by atoms with E-state index >= 15 is 0 Å². The molecule has 7 nitrogen and oxygen atoms in total. The smallest absolute Gasteiger partial charge is 0.258 e. The lowest BCUT2D eigenvalue weighted by Crippen LogP contribution is -2.27. The second-order valence-electron chi connectivity index (χ2n) is 10.0. The quantitative estimate of drug-likeness (QED) is 0.230. The lowest BCUT2D eigenvalue weighted by atomic mass is 9.85. The van der Waals surface area contributed by atoms with Crippen LogP contribution < -0.4 is 10.3 Å². The predicted molar refractivity (Wildman–Crippen MR) is 162 cm³/mol. The summed E-state index contributed by atoms with van der Waals surface area (Å²) in [7, 11) is -1.99. The second-order valence-corrected chi connectivity index (χ2v) is 11.8. The van der Waals surface area contributed by atoms with Gasteiger partial charge in [0.05, 0.1) is 21.9 Å². The van der Waals surface area contributed by atoms with Crippen molar-refractivity contribution in [1.82, 2.24) is 14.3 Å². The van der Waals surface area contributed by atoms with Crippen LogP contribution in [0.3, 0.4) is 0 Å². The number of fused-ring (bicyclic) bond motifs is 2. The van der Waals surface area contributed by atoms with Crippen LogP contribution in [0.1, 0.15) is 28.3 Å². The number of hydrogen-bond donors (Lipinski definition) is 3. The third-order valence-corrected chi connectivity index (χ3v) is 9.07. The number of nitrogens with one attached hydrogen (secondary N) is 2. The predicted octanol–water partition coefficient (Wildman–Crippen LogP) is 5.43. The highest BCUT2D eigenvalue weighted by Gasteiger charge is 2.30. The van der Waals surface area contributed by atoms with E-state index in [0.29, 0.717) is 17.3 Å². The van der Waals surface area contributed by atoms with Crippen molar-refractivity contribution >= 4 is 31.8 Å². The second kappa shape index (κ2) is 10.7. The van der Waals surface area contributed by atoms with Crippen molar-refractivity contribution in [2.45, 2.75) is 17.2 Å². The van der Waals surface area contributed by atoms with Crippen molar-refractivity contribution in [1.29, 1.82) is 0 Å². The summed E-state index contributed by atoms with van der Waals surface area (Å²) in [5, 5.41) is 13.1. The average molecular weight is 564 g/mol. The summed E-state index contributed by atoms with van der Waals surface area (Å²) in [5.74, 6) is -0.695. The molecule has 6 aromatic rings. The fourth-order valence-electron chi connectivity index (χ4n) is 5.62. The van der Waals surface area contributed by atoms with Crippen LogP contribution in [0.4, 0.5) is 0 Å². The van der Waals surface area contributed by atoms with Gasteiger partial charge in [0, 0.05) is 35.6 Å². The van der Waals surface area contributed by atoms with Crippen LogP contribution in [0.5, 0.6) is 5.75 Å². The minimum atomic E-state index is -3.70. The van der Waals surface area contributed by atoms with E-state index in [9.17, 15) is 18.3 Å². The number of pyridine rings is 1. The minimum Gasteiger partial charge on any atom is -0.507 e. The van der Waals surface area contributed by atoms with Crippen LogP contribution in [0, 0.1) is 0 Å². The molecule has 3 N–H and O–H groups in total. The van der Waals surface area contributed by atoms with Crippen molar-refractivity contribution in [3.8, 4) is 5.75 Å². The Hall–Kier alpha value is -4.66. The number of para-hydroxylation sites is 2. The molecule has 206 valence electrons. The van der Waals surface area contributed by atoms with Gasteiger partial charge in [-0.2, -0.15) is 0 Å². The summed E-state index contributed by atoms with van der Waals surface area (Å²) in [6.45, 7) is 0.148. The number of aryl methyl sites for hydroxylation is 1. The maximum absolute atomic E-state index is 13.9. The molecule has 0 saturated carbocycles. The van der Waals surface area contributed by atoms with Crippen molar-refractivity contribution in [3.63, 3.8) is 0 Å². The number of sulfonamides is 1. The van der Waals surface area contributed by atoms with Gasteiger partial charge in [-0.15, -0.1) is 0 Å². The molecule has 2 aromatic heterocycles. The molecular formula is C33H29N3O4S. The molecule has 1 unspecified atom stereocenters. The van der Waals surface area contributed by atoms with Gasteiger partial charge in [0.25, 0.3) is 5.56 Å². The first kappa shape index (κ1) is 26.6. The fraction of sp³-hybridized carbons (Fsp3) is 0.121. The maximum atomic E-state index is 13.9. The van der Waals surface area contributed by atoms with Crippen LogP contribution in [0.2, 0.25) is 0 Å². The van der Waals surface area contributed by atoms with Gasteiger partial charge in [0.15, 0.2) is 0 Å². The number of H-pyrrole nitrogens is 1. The number of nitrogens with zero attached hydrogens (tertiary/aromatic N) is 1. The summed E-state index contributed by atoms with van der Waals surface area (Å²) in [6, 6.07) is 32.9. The molecule has 0 aliphatic rings. The Morgan fingerprint density at radius 3 is 2.17 bits per heavy atom. The number of aromatic hydroxyl groups is 1. The van der Waals surface area contributed by atoms with E-state index < -0.39 is 15.9 Å². The summed E-state index contributed by atoms with van der Waals surface area (Å²) in [5.41, 5.74) is 3.89. The zero-order chi connectivity index (χ0) is 28.6. The number of aromatic amines is 1. The zero-order valence-electron chi connectivity index (χ0n) is 22.4. The molecule has 8 heteroatoms. The van der Waals surface area contributed by atoms with Crippen LogP contribution in [0.25, 0.3) is 21.8 Å². The van der Waals surface area contributed by atoms with Gasteiger partial charge >= 0.3 is 0 Å². The molecule has 6 rings (SSSR count). The SMILES string of the molecule is Cn1c(=O)c(C(c2ccccc2)c2[nH]c3ccccc3c2CCNS(=O)(=O)c2ccccc2)c(O)c2ccccc21. The van der Waals surface area contributed by atoms with Crippen molar-refractivity contribution in [2.75, 3.05) is 6.54 Å². The van der Waals surface area contributed by atoms with Crippen LogP contribution in [0.15, 0.2) is 119 Å². The maximum Gasteiger partial charge on any atom is 0.258 e. The summed E-state index contributed by atoms with van der Waals surface area (Å²) in [6.07, 6.45) is 0.364. The Balaban J connectivity index is 1.52. The number of hydrogen-bond acceptors (Lipinski definition) is 4. The molecule has 0 radical (unpaired) electrons. The summed E-state index contributed by atoms with van der Waals surface area (Å²) >= 11 is 0. The number of rotatable bonds is 8. The third-order valence-electron chi connectivity index (χ3n) is 7.59. The van der Waals surface area contributed by atoms with E-state index in [4.69, 9.17) is 0 Å². The number of benzene rings is 4. The molecule has 0 bridgehead atoms. The van der Waals surface area contributed by atoms with E-state index in [-0.39, 0.29) is 28.3 Å². The standard InChI is InChI=1S/C33H29N3O4S/c1-36-28-19-11-9-17-26(28)32(37)30(33(36)38)29(22-12-4-2-5-13-22)31-25(24-16-8-10-18-27(24)35-31)20-21-34-41(39,40)23-14-6-3-7-15-23/h2-19,29,34-35,37H,20-21H2,1H3. The van der Waals surface area contributed by atoms with E-state index in [0.717, 1.165) is 27.7 Å². The lowest BCUT2D eigenvalue weighted by Gasteiger charge is -2.22. The van der Waals surface area contributed by atoms with Gasteiger partial charge in [-0.3, -0.25) is 4.79 Å². The number of aromatic nitrogens is 2. The van der Waals surface area contributed by atoms with Gasteiger partial charge in [0.2, 0.25) is 10.0 Å². The summed E-state index contributed by atoms with van der Waals surface area (Å²) < 4.78 is 30.2. The molecule has 0 amide bonds.